The summed E-state index contributed by atoms with van der Waals surface area (Å²) < 4.78 is 10.8. The number of ether oxygens (including phenoxy) is 1. The summed E-state index contributed by atoms with van der Waals surface area (Å²) in [7, 11) is 0. The van der Waals surface area contributed by atoms with Crippen LogP contribution in [-0.4, -0.2) is 37.0 Å². The molecule has 3 aromatic rings. The van der Waals surface area contributed by atoms with Crippen molar-refractivity contribution in [3.8, 4) is 5.75 Å². The van der Waals surface area contributed by atoms with Gasteiger partial charge in [0.05, 0.1) is 6.04 Å². The Hall–Kier alpha value is -2.83. The number of benzene rings is 2. The fraction of sp³-hybridized carbons (Fsp3) is 0.333. The van der Waals surface area contributed by atoms with Crippen molar-refractivity contribution in [2.45, 2.75) is 26.8 Å². The molecule has 1 heterocycles. The van der Waals surface area contributed by atoms with Crippen LogP contribution in [0.1, 0.15) is 31.0 Å². The molecule has 6 nitrogen and oxygen atoms in total. The maximum absolute atomic E-state index is 12.4. The lowest BCUT2D eigenvalue weighted by atomic mass is 10.0. The standard InChI is InChI=1S/C24H27ClN2O4/c1-4-27(5-2)21(19-8-6-7-9-20(19)25)14-26-23(28)15-30-17-10-11-18-16(3)12-24(29)31-22(18)13-17/h6-13,21H,4-5,14-15H2,1-3H3,(H,26,28). The third-order valence-corrected chi connectivity index (χ3v) is 5.65. The molecule has 31 heavy (non-hydrogen) atoms. The van der Waals surface area contributed by atoms with Crippen LogP contribution in [0.4, 0.5) is 0 Å². The second kappa shape index (κ2) is 10.5. The van der Waals surface area contributed by atoms with Gasteiger partial charge in [0, 0.05) is 29.1 Å². The number of nitrogens with zero attached hydrogens (tertiary/aromatic N) is 1. The lowest BCUT2D eigenvalue weighted by molar-refractivity contribution is -0.123. The predicted molar refractivity (Wildman–Crippen MR) is 123 cm³/mol. The Balaban J connectivity index is 1.65. The van der Waals surface area contributed by atoms with Gasteiger partial charge in [-0.1, -0.05) is 43.6 Å². The summed E-state index contributed by atoms with van der Waals surface area (Å²) in [6.45, 7) is 7.95. The molecule has 7 heteroatoms. The molecule has 0 aliphatic rings. The number of rotatable bonds is 9. The van der Waals surface area contributed by atoms with Crippen molar-refractivity contribution in [1.29, 1.82) is 0 Å². The predicted octanol–water partition coefficient (Wildman–Crippen LogP) is 4.33. The zero-order valence-electron chi connectivity index (χ0n) is 18.0. The fourth-order valence-electron chi connectivity index (χ4n) is 3.65. The first kappa shape index (κ1) is 22.8. The smallest absolute Gasteiger partial charge is 0.336 e. The Morgan fingerprint density at radius 3 is 2.61 bits per heavy atom. The van der Waals surface area contributed by atoms with E-state index in [2.05, 4.69) is 24.1 Å². The normalized spacial score (nSPS) is 12.2. The summed E-state index contributed by atoms with van der Waals surface area (Å²) in [5.74, 6) is 0.220. The molecule has 1 N–H and O–H groups in total. The minimum atomic E-state index is -0.415. The number of hydrogen-bond acceptors (Lipinski definition) is 5. The van der Waals surface area contributed by atoms with Crippen molar-refractivity contribution < 1.29 is 13.9 Å². The fourth-order valence-corrected chi connectivity index (χ4v) is 3.91. The largest absolute Gasteiger partial charge is 0.484 e. The molecule has 0 aliphatic heterocycles. The molecule has 0 spiro atoms. The van der Waals surface area contributed by atoms with Gasteiger partial charge >= 0.3 is 5.63 Å². The zero-order chi connectivity index (χ0) is 22.4. The van der Waals surface area contributed by atoms with Crippen LogP contribution in [-0.2, 0) is 4.79 Å². The molecule has 0 fully saturated rings. The molecule has 0 aliphatic carbocycles. The Labute approximate surface area is 186 Å². The van der Waals surface area contributed by atoms with Gasteiger partial charge in [-0.3, -0.25) is 9.69 Å². The number of halogens is 1. The summed E-state index contributed by atoms with van der Waals surface area (Å²) in [6.07, 6.45) is 0. The van der Waals surface area contributed by atoms with Gasteiger partial charge in [-0.05, 0) is 49.3 Å². The average Bonchev–Trinajstić information content (AvgIpc) is 2.75. The van der Waals surface area contributed by atoms with Gasteiger partial charge in [-0.25, -0.2) is 4.79 Å². The molecule has 0 saturated heterocycles. The molecule has 1 unspecified atom stereocenters. The Bertz CT molecular complexity index is 1110. The first-order chi connectivity index (χ1) is 14.9. The van der Waals surface area contributed by atoms with Crippen molar-refractivity contribution in [1.82, 2.24) is 10.2 Å². The monoisotopic (exact) mass is 442 g/mol. The highest BCUT2D eigenvalue weighted by atomic mass is 35.5. The van der Waals surface area contributed by atoms with Crippen LogP contribution >= 0.6 is 11.6 Å². The molecule has 0 bridgehead atoms. The summed E-state index contributed by atoms with van der Waals surface area (Å²) in [4.78, 5) is 26.3. The van der Waals surface area contributed by atoms with Crippen LogP contribution in [0.15, 0.2) is 57.7 Å². The third-order valence-electron chi connectivity index (χ3n) is 5.30. The molecule has 164 valence electrons. The van der Waals surface area contributed by atoms with Gasteiger partial charge in [-0.2, -0.15) is 0 Å². The van der Waals surface area contributed by atoms with Crippen LogP contribution in [0, 0.1) is 6.92 Å². The van der Waals surface area contributed by atoms with E-state index in [0.29, 0.717) is 22.9 Å². The van der Waals surface area contributed by atoms with E-state index in [1.165, 1.54) is 6.07 Å². The number of likely N-dealkylation sites (N-methyl/N-ethyl adjacent to an activating group) is 1. The molecule has 1 amide bonds. The van der Waals surface area contributed by atoms with Crippen LogP contribution in [0.3, 0.4) is 0 Å². The van der Waals surface area contributed by atoms with E-state index >= 15 is 0 Å². The molecular weight excluding hydrogens is 416 g/mol. The van der Waals surface area contributed by atoms with Crippen LogP contribution < -0.4 is 15.7 Å². The number of hydrogen-bond donors (Lipinski definition) is 1. The van der Waals surface area contributed by atoms with E-state index in [0.717, 1.165) is 29.6 Å². The molecule has 1 aromatic heterocycles. The second-order valence-corrected chi connectivity index (χ2v) is 7.66. The number of amides is 1. The first-order valence-corrected chi connectivity index (χ1v) is 10.7. The van der Waals surface area contributed by atoms with E-state index in [4.69, 9.17) is 20.8 Å². The molecular formula is C24H27ClN2O4. The van der Waals surface area contributed by atoms with E-state index in [1.807, 2.05) is 37.3 Å². The highest BCUT2D eigenvalue weighted by Crippen LogP contribution is 2.27. The summed E-state index contributed by atoms with van der Waals surface area (Å²) in [5.41, 5.74) is 1.83. The highest BCUT2D eigenvalue weighted by molar-refractivity contribution is 6.31. The summed E-state index contributed by atoms with van der Waals surface area (Å²) in [5, 5.41) is 4.46. The quantitative estimate of drug-likeness (QED) is 0.499. The van der Waals surface area contributed by atoms with Gasteiger partial charge in [-0.15, -0.1) is 0 Å². The number of carbonyl (C=O) groups excluding carboxylic acids is 1. The number of nitrogens with one attached hydrogen (secondary N) is 1. The van der Waals surface area contributed by atoms with Gasteiger partial charge in [0.15, 0.2) is 6.61 Å². The second-order valence-electron chi connectivity index (χ2n) is 7.26. The SMILES string of the molecule is CCN(CC)C(CNC(=O)COc1ccc2c(C)cc(=O)oc2c1)c1ccccc1Cl. The van der Waals surface area contributed by atoms with Crippen molar-refractivity contribution in [2.24, 2.45) is 0 Å². The molecule has 0 radical (unpaired) electrons. The van der Waals surface area contributed by atoms with Crippen LogP contribution in [0.2, 0.25) is 5.02 Å². The maximum Gasteiger partial charge on any atom is 0.336 e. The minimum absolute atomic E-state index is 0.0365. The van der Waals surface area contributed by atoms with E-state index < -0.39 is 5.63 Å². The van der Waals surface area contributed by atoms with E-state index in [-0.39, 0.29) is 18.6 Å². The van der Waals surface area contributed by atoms with Crippen LogP contribution in [0.5, 0.6) is 5.75 Å². The Kier molecular flexibility index (Phi) is 7.71. The lowest BCUT2D eigenvalue weighted by Gasteiger charge is -2.30. The van der Waals surface area contributed by atoms with Crippen molar-refractivity contribution in [3.63, 3.8) is 0 Å². The van der Waals surface area contributed by atoms with Crippen molar-refractivity contribution >= 4 is 28.5 Å². The van der Waals surface area contributed by atoms with E-state index in [9.17, 15) is 9.59 Å². The zero-order valence-corrected chi connectivity index (χ0v) is 18.7. The third kappa shape index (κ3) is 5.66. The lowest BCUT2D eigenvalue weighted by Crippen LogP contribution is -2.39. The van der Waals surface area contributed by atoms with Gasteiger partial charge in [0.1, 0.15) is 11.3 Å². The first-order valence-electron chi connectivity index (χ1n) is 10.3. The number of carbonyl (C=O) groups is 1. The van der Waals surface area contributed by atoms with E-state index in [1.54, 1.807) is 12.1 Å². The van der Waals surface area contributed by atoms with Gasteiger partial charge in [0.2, 0.25) is 0 Å². The Morgan fingerprint density at radius 2 is 1.90 bits per heavy atom. The molecule has 3 rings (SSSR count). The maximum atomic E-state index is 12.4. The van der Waals surface area contributed by atoms with Gasteiger partial charge in [0.25, 0.3) is 5.91 Å². The van der Waals surface area contributed by atoms with Gasteiger partial charge < -0.3 is 14.5 Å². The minimum Gasteiger partial charge on any atom is -0.484 e. The molecule has 2 aromatic carbocycles. The molecule has 0 saturated carbocycles. The summed E-state index contributed by atoms with van der Waals surface area (Å²) >= 11 is 6.41. The Morgan fingerprint density at radius 1 is 1.16 bits per heavy atom. The number of aryl methyl sites for hydroxylation is 1. The van der Waals surface area contributed by atoms with Crippen LogP contribution in [0.25, 0.3) is 11.0 Å². The topological polar surface area (TPSA) is 71.8 Å². The molecule has 1 atom stereocenters. The van der Waals surface area contributed by atoms with Crippen molar-refractivity contribution in [2.75, 3.05) is 26.2 Å². The van der Waals surface area contributed by atoms with Crippen molar-refractivity contribution in [3.05, 3.63) is 75.1 Å². The average molecular weight is 443 g/mol. The summed E-state index contributed by atoms with van der Waals surface area (Å²) in [6, 6.07) is 14.3. The number of fused-ring (bicyclic) bond motifs is 1. The highest BCUT2D eigenvalue weighted by Gasteiger charge is 2.21.